The number of carbonyl (C=O) groups excluding carboxylic acids is 2. The first kappa shape index (κ1) is 17.7. The minimum Gasteiger partial charge on any atom is -0.444 e. The summed E-state index contributed by atoms with van der Waals surface area (Å²) in [6.07, 6.45) is 1.18. The highest BCUT2D eigenvalue weighted by atomic mass is 32.1. The number of nitrogens with zero attached hydrogens (tertiary/aromatic N) is 2. The number of ether oxygens (including phenoxy) is 1. The minimum absolute atomic E-state index is 0.0115. The smallest absolute Gasteiger partial charge is 0.410 e. The first-order valence-electron chi connectivity index (χ1n) is 7.97. The fourth-order valence-corrected chi connectivity index (χ4v) is 3.17. The Balaban J connectivity index is 2.02. The lowest BCUT2D eigenvalue weighted by atomic mass is 10.1. The summed E-state index contributed by atoms with van der Waals surface area (Å²) in [5, 5.41) is 3.48. The molecule has 1 N–H and O–H groups in total. The fraction of sp³-hybridized carbons (Fsp3) is 0.688. The van der Waals surface area contributed by atoms with Gasteiger partial charge in [-0.15, -0.1) is 0 Å². The summed E-state index contributed by atoms with van der Waals surface area (Å²) < 4.78 is 5.41. The normalized spacial score (nSPS) is 15.8. The Hall–Kier alpha value is -1.63. The standard InChI is InChI=1S/C16H25N3O3S/c1-6-10(2)13(20)18-14-17-11-7-8-19(9-12(11)23-14)15(21)22-16(3,4)5/h10H,6-9H2,1-5H3,(H,17,18,20). The minimum atomic E-state index is -0.500. The topological polar surface area (TPSA) is 71.5 Å². The van der Waals surface area contributed by atoms with Crippen LogP contribution >= 0.6 is 11.3 Å². The molecule has 2 heterocycles. The lowest BCUT2D eigenvalue weighted by molar-refractivity contribution is -0.119. The van der Waals surface area contributed by atoms with Crippen molar-refractivity contribution < 1.29 is 14.3 Å². The highest BCUT2D eigenvalue weighted by Crippen LogP contribution is 2.29. The third kappa shape index (κ3) is 4.67. The van der Waals surface area contributed by atoms with Gasteiger partial charge < -0.3 is 15.0 Å². The number of carbonyl (C=O) groups is 2. The van der Waals surface area contributed by atoms with Gasteiger partial charge in [0.15, 0.2) is 5.13 Å². The van der Waals surface area contributed by atoms with E-state index >= 15 is 0 Å². The molecule has 1 aromatic rings. The fourth-order valence-electron chi connectivity index (χ4n) is 2.15. The van der Waals surface area contributed by atoms with Crippen LogP contribution in [0, 0.1) is 5.92 Å². The van der Waals surface area contributed by atoms with Gasteiger partial charge in [0.25, 0.3) is 0 Å². The van der Waals surface area contributed by atoms with Crippen LogP contribution in [-0.4, -0.2) is 34.0 Å². The SMILES string of the molecule is CCC(C)C(=O)Nc1nc2c(s1)CN(C(=O)OC(C)(C)C)CC2. The Morgan fingerprint density at radius 3 is 2.74 bits per heavy atom. The monoisotopic (exact) mass is 339 g/mol. The van der Waals surface area contributed by atoms with Crippen molar-refractivity contribution in [1.82, 2.24) is 9.88 Å². The highest BCUT2D eigenvalue weighted by Gasteiger charge is 2.28. The molecule has 128 valence electrons. The van der Waals surface area contributed by atoms with Gasteiger partial charge in [0.1, 0.15) is 5.60 Å². The van der Waals surface area contributed by atoms with Gasteiger partial charge in [-0.1, -0.05) is 25.2 Å². The average Bonchev–Trinajstić information content (AvgIpc) is 2.85. The Bertz CT molecular complexity index is 592. The maximum Gasteiger partial charge on any atom is 0.410 e. The molecule has 0 bridgehead atoms. The number of fused-ring (bicyclic) bond motifs is 1. The van der Waals surface area contributed by atoms with E-state index in [4.69, 9.17) is 4.74 Å². The maximum atomic E-state index is 12.2. The maximum absolute atomic E-state index is 12.2. The van der Waals surface area contributed by atoms with E-state index < -0.39 is 5.60 Å². The van der Waals surface area contributed by atoms with Crippen LogP contribution in [0.5, 0.6) is 0 Å². The molecule has 0 aliphatic carbocycles. The summed E-state index contributed by atoms with van der Waals surface area (Å²) in [6, 6.07) is 0. The number of aromatic nitrogens is 1. The zero-order valence-corrected chi connectivity index (χ0v) is 15.2. The molecule has 2 rings (SSSR count). The lowest BCUT2D eigenvalue weighted by Crippen LogP contribution is -2.39. The second-order valence-electron chi connectivity index (χ2n) is 6.84. The molecule has 2 amide bonds. The Morgan fingerprint density at radius 2 is 2.13 bits per heavy atom. The highest BCUT2D eigenvalue weighted by molar-refractivity contribution is 7.15. The average molecular weight is 339 g/mol. The van der Waals surface area contributed by atoms with E-state index in [1.165, 1.54) is 11.3 Å². The first-order chi connectivity index (χ1) is 10.7. The van der Waals surface area contributed by atoms with E-state index in [9.17, 15) is 9.59 Å². The van der Waals surface area contributed by atoms with E-state index in [1.807, 2.05) is 34.6 Å². The number of rotatable bonds is 3. The molecule has 1 aliphatic heterocycles. The van der Waals surface area contributed by atoms with Crippen molar-refractivity contribution in [3.8, 4) is 0 Å². The van der Waals surface area contributed by atoms with Crippen molar-refractivity contribution in [3.63, 3.8) is 0 Å². The summed E-state index contributed by atoms with van der Waals surface area (Å²) in [5.74, 6) is -0.0446. The summed E-state index contributed by atoms with van der Waals surface area (Å²) in [6.45, 7) is 10.5. The van der Waals surface area contributed by atoms with Crippen molar-refractivity contribution in [2.24, 2.45) is 5.92 Å². The van der Waals surface area contributed by atoms with E-state index in [0.29, 0.717) is 24.6 Å². The largest absolute Gasteiger partial charge is 0.444 e. The third-order valence-electron chi connectivity index (χ3n) is 3.67. The number of hydrogen-bond donors (Lipinski definition) is 1. The van der Waals surface area contributed by atoms with Gasteiger partial charge in [0.05, 0.1) is 12.2 Å². The van der Waals surface area contributed by atoms with Crippen LogP contribution in [-0.2, 0) is 22.5 Å². The molecule has 6 nitrogen and oxygen atoms in total. The molecule has 0 fully saturated rings. The Kier molecular flexibility index (Phi) is 5.29. The second-order valence-corrected chi connectivity index (χ2v) is 7.92. The van der Waals surface area contributed by atoms with Gasteiger partial charge in [0.2, 0.25) is 5.91 Å². The molecule has 0 saturated carbocycles. The van der Waals surface area contributed by atoms with Crippen LogP contribution in [0.25, 0.3) is 0 Å². The van der Waals surface area contributed by atoms with Crippen LogP contribution in [0.15, 0.2) is 0 Å². The molecule has 0 spiro atoms. The Labute approximate surface area is 141 Å². The Morgan fingerprint density at radius 1 is 1.43 bits per heavy atom. The van der Waals surface area contributed by atoms with Crippen molar-refractivity contribution in [1.29, 1.82) is 0 Å². The number of anilines is 1. The molecule has 1 aromatic heterocycles. The molecular weight excluding hydrogens is 314 g/mol. The number of thiazole rings is 1. The predicted molar refractivity (Wildman–Crippen MR) is 90.5 cm³/mol. The van der Waals surface area contributed by atoms with Crippen molar-refractivity contribution in [2.45, 2.75) is 59.6 Å². The van der Waals surface area contributed by atoms with Crippen LogP contribution in [0.1, 0.15) is 51.6 Å². The number of hydrogen-bond acceptors (Lipinski definition) is 5. The molecule has 23 heavy (non-hydrogen) atoms. The molecule has 1 aliphatic rings. The molecule has 1 atom stereocenters. The summed E-state index contributed by atoms with van der Waals surface area (Å²) in [7, 11) is 0. The van der Waals surface area contributed by atoms with Gasteiger partial charge in [-0.3, -0.25) is 4.79 Å². The van der Waals surface area contributed by atoms with Crippen LogP contribution < -0.4 is 5.32 Å². The lowest BCUT2D eigenvalue weighted by Gasteiger charge is -2.29. The van der Waals surface area contributed by atoms with Gasteiger partial charge in [-0.05, 0) is 27.2 Å². The summed E-state index contributed by atoms with van der Waals surface area (Å²) in [4.78, 5) is 31.3. The molecular formula is C16H25N3O3S. The van der Waals surface area contributed by atoms with Gasteiger partial charge >= 0.3 is 6.09 Å². The van der Waals surface area contributed by atoms with Crippen molar-refractivity contribution in [2.75, 3.05) is 11.9 Å². The molecule has 0 saturated heterocycles. The molecule has 7 heteroatoms. The van der Waals surface area contributed by atoms with E-state index in [0.717, 1.165) is 17.0 Å². The van der Waals surface area contributed by atoms with Gasteiger partial charge in [0, 0.05) is 23.8 Å². The molecule has 0 aromatic carbocycles. The zero-order valence-electron chi connectivity index (χ0n) is 14.4. The van der Waals surface area contributed by atoms with Crippen LogP contribution in [0.3, 0.4) is 0 Å². The zero-order chi connectivity index (χ0) is 17.2. The first-order valence-corrected chi connectivity index (χ1v) is 8.78. The molecule has 0 radical (unpaired) electrons. The second kappa shape index (κ2) is 6.86. The number of nitrogens with one attached hydrogen (secondary N) is 1. The van der Waals surface area contributed by atoms with E-state index in [-0.39, 0.29) is 17.9 Å². The van der Waals surface area contributed by atoms with Crippen molar-refractivity contribution in [3.05, 3.63) is 10.6 Å². The molecule has 1 unspecified atom stereocenters. The summed E-state index contributed by atoms with van der Waals surface area (Å²) in [5.41, 5.74) is 0.467. The van der Waals surface area contributed by atoms with Crippen LogP contribution in [0.2, 0.25) is 0 Å². The quantitative estimate of drug-likeness (QED) is 0.916. The van der Waals surface area contributed by atoms with E-state index in [2.05, 4.69) is 10.3 Å². The van der Waals surface area contributed by atoms with Crippen LogP contribution in [0.4, 0.5) is 9.93 Å². The summed E-state index contributed by atoms with van der Waals surface area (Å²) >= 11 is 1.44. The predicted octanol–water partition coefficient (Wildman–Crippen LogP) is 3.42. The van der Waals surface area contributed by atoms with Gasteiger partial charge in [-0.2, -0.15) is 0 Å². The number of amides is 2. The van der Waals surface area contributed by atoms with Gasteiger partial charge in [-0.25, -0.2) is 9.78 Å². The van der Waals surface area contributed by atoms with E-state index in [1.54, 1.807) is 4.90 Å². The van der Waals surface area contributed by atoms with Crippen molar-refractivity contribution >= 4 is 28.5 Å². The third-order valence-corrected chi connectivity index (χ3v) is 4.67.